The Balaban J connectivity index is 1.50. The second-order valence-electron chi connectivity index (χ2n) is 8.95. The molecule has 3 aromatic heterocycles. The summed E-state index contributed by atoms with van der Waals surface area (Å²) in [6, 6.07) is 5.59. The Hall–Kier alpha value is -3.72. The van der Waals surface area contributed by atoms with Crippen molar-refractivity contribution in [1.82, 2.24) is 19.4 Å². The van der Waals surface area contributed by atoms with Gasteiger partial charge in [-0.15, -0.1) is 0 Å². The van der Waals surface area contributed by atoms with Crippen molar-refractivity contribution in [3.05, 3.63) is 63.5 Å². The maximum atomic E-state index is 13.6. The van der Waals surface area contributed by atoms with Crippen LogP contribution in [0.3, 0.4) is 0 Å². The van der Waals surface area contributed by atoms with E-state index >= 15 is 0 Å². The zero-order valence-electron chi connectivity index (χ0n) is 19.1. The van der Waals surface area contributed by atoms with Crippen molar-refractivity contribution < 1.29 is 14.3 Å². The van der Waals surface area contributed by atoms with Gasteiger partial charge >= 0.3 is 0 Å². The summed E-state index contributed by atoms with van der Waals surface area (Å²) in [6.45, 7) is 3.89. The highest BCUT2D eigenvalue weighted by Gasteiger charge is 2.30. The molecule has 1 amide bonds. The summed E-state index contributed by atoms with van der Waals surface area (Å²) in [5.41, 5.74) is 4.05. The first-order chi connectivity index (χ1) is 16.5. The van der Waals surface area contributed by atoms with Crippen molar-refractivity contribution in [2.75, 3.05) is 31.8 Å². The summed E-state index contributed by atoms with van der Waals surface area (Å²) >= 11 is 0. The van der Waals surface area contributed by atoms with Crippen molar-refractivity contribution >= 4 is 28.3 Å². The van der Waals surface area contributed by atoms with Crippen LogP contribution in [0.2, 0.25) is 0 Å². The monoisotopic (exact) mass is 459 g/mol. The van der Waals surface area contributed by atoms with Gasteiger partial charge in [0.2, 0.25) is 0 Å². The predicted octanol–water partition coefficient (Wildman–Crippen LogP) is 2.98. The van der Waals surface area contributed by atoms with Crippen molar-refractivity contribution in [1.29, 1.82) is 0 Å². The van der Waals surface area contributed by atoms with Gasteiger partial charge in [0.1, 0.15) is 22.9 Å². The average molecular weight is 460 g/mol. The fraction of sp³-hybridized carbons (Fsp3) is 0.360. The topological polar surface area (TPSA) is 102 Å². The average Bonchev–Trinajstić information content (AvgIpc) is 3.48. The Morgan fingerprint density at radius 2 is 1.97 bits per heavy atom. The summed E-state index contributed by atoms with van der Waals surface area (Å²) in [4.78, 5) is 40.2. The number of H-pyrrole nitrogens is 1. The third kappa shape index (κ3) is 3.19. The summed E-state index contributed by atoms with van der Waals surface area (Å²) < 4.78 is 13.1. The second-order valence-corrected chi connectivity index (χ2v) is 8.95. The molecule has 0 atom stereocenters. The van der Waals surface area contributed by atoms with E-state index in [1.165, 1.54) is 0 Å². The van der Waals surface area contributed by atoms with Crippen molar-refractivity contribution in [2.24, 2.45) is 0 Å². The highest BCUT2D eigenvalue weighted by atomic mass is 16.5. The zero-order valence-corrected chi connectivity index (χ0v) is 19.1. The Morgan fingerprint density at radius 3 is 2.76 bits per heavy atom. The number of methoxy groups -OCH3 is 1. The molecule has 0 radical (unpaired) electrons. The zero-order chi connectivity index (χ0) is 23.4. The number of aromatic nitrogens is 4. The van der Waals surface area contributed by atoms with Gasteiger partial charge in [0.15, 0.2) is 0 Å². The van der Waals surface area contributed by atoms with E-state index < -0.39 is 0 Å². The number of carbonyl (C=O) groups excluding carboxylic acids is 1. The third-order valence-electron chi connectivity index (χ3n) is 6.83. The van der Waals surface area contributed by atoms with Crippen LogP contribution in [0.1, 0.15) is 46.1 Å². The fourth-order valence-corrected chi connectivity index (χ4v) is 5.13. The molecule has 6 rings (SSSR count). The van der Waals surface area contributed by atoms with E-state index in [4.69, 9.17) is 9.47 Å². The third-order valence-corrected chi connectivity index (χ3v) is 6.83. The van der Waals surface area contributed by atoms with E-state index in [2.05, 4.69) is 21.0 Å². The van der Waals surface area contributed by atoms with Crippen LogP contribution in [-0.2, 0) is 11.2 Å². The van der Waals surface area contributed by atoms with E-state index in [0.717, 1.165) is 41.7 Å². The summed E-state index contributed by atoms with van der Waals surface area (Å²) in [6.07, 6.45) is 5.84. The molecule has 0 unspecified atom stereocenters. The molecular formula is C25H25N5O4. The van der Waals surface area contributed by atoms with Gasteiger partial charge in [-0.2, -0.15) is 0 Å². The largest absolute Gasteiger partial charge is 0.496 e. The SMILES string of the molecule is COc1cc2c(cc1C(=O)N1CCc3cc(C)cnc31)[nH]c(=O)c1cnc(C3CCOCC3)n12. The molecule has 0 spiro atoms. The number of aromatic amines is 1. The van der Waals surface area contributed by atoms with Crippen LogP contribution in [0.15, 0.2) is 35.4 Å². The molecule has 34 heavy (non-hydrogen) atoms. The van der Waals surface area contributed by atoms with Gasteiger partial charge in [-0.3, -0.25) is 18.9 Å². The van der Waals surface area contributed by atoms with E-state index in [1.807, 2.05) is 17.4 Å². The van der Waals surface area contributed by atoms with Crippen LogP contribution in [0.5, 0.6) is 5.75 Å². The number of anilines is 1. The smallest absolute Gasteiger partial charge is 0.274 e. The number of aryl methyl sites for hydroxylation is 1. The number of nitrogens with one attached hydrogen (secondary N) is 1. The van der Waals surface area contributed by atoms with Crippen molar-refractivity contribution in [3.63, 3.8) is 0 Å². The Labute approximate surface area is 195 Å². The lowest BCUT2D eigenvalue weighted by Crippen LogP contribution is -2.30. The highest BCUT2D eigenvalue weighted by Crippen LogP contribution is 2.33. The molecule has 5 heterocycles. The Bertz CT molecular complexity index is 1500. The molecule has 174 valence electrons. The Morgan fingerprint density at radius 1 is 1.15 bits per heavy atom. The standard InChI is InChI=1S/C25H25N5O4/c1-14-9-16-3-6-29(22(16)26-12-14)25(32)17-10-18-19(11-21(17)33-2)30-20(24(31)28-18)13-27-23(30)15-4-7-34-8-5-15/h9-13,15H,3-8H2,1-2H3,(H,28,31). The lowest BCUT2D eigenvalue weighted by molar-refractivity contribution is 0.0835. The number of imidazole rings is 1. The first-order valence-corrected chi connectivity index (χ1v) is 11.5. The lowest BCUT2D eigenvalue weighted by atomic mass is 9.99. The molecule has 2 aliphatic heterocycles. The van der Waals surface area contributed by atoms with Crippen LogP contribution < -0.4 is 15.2 Å². The second kappa shape index (κ2) is 7.95. The molecule has 9 heteroatoms. The number of hydrogen-bond donors (Lipinski definition) is 1. The number of amides is 1. The van der Waals surface area contributed by atoms with Crippen LogP contribution in [0, 0.1) is 6.92 Å². The minimum absolute atomic E-state index is 0.198. The van der Waals surface area contributed by atoms with Gasteiger partial charge in [-0.05, 0) is 43.4 Å². The Kier molecular flexibility index (Phi) is 4.88. The summed E-state index contributed by atoms with van der Waals surface area (Å²) in [7, 11) is 1.55. The van der Waals surface area contributed by atoms with E-state index in [9.17, 15) is 9.59 Å². The number of pyridine rings is 1. The van der Waals surface area contributed by atoms with E-state index in [-0.39, 0.29) is 17.4 Å². The molecule has 0 aliphatic carbocycles. The van der Waals surface area contributed by atoms with E-state index in [0.29, 0.717) is 47.9 Å². The number of nitrogens with zero attached hydrogens (tertiary/aromatic N) is 4. The summed E-state index contributed by atoms with van der Waals surface area (Å²) in [5.74, 6) is 1.95. The van der Waals surface area contributed by atoms with E-state index in [1.54, 1.807) is 30.5 Å². The van der Waals surface area contributed by atoms with Gasteiger partial charge in [0.05, 0.1) is 29.9 Å². The number of carbonyl (C=O) groups is 1. The van der Waals surface area contributed by atoms with Crippen molar-refractivity contribution in [3.8, 4) is 5.75 Å². The van der Waals surface area contributed by atoms with Crippen LogP contribution >= 0.6 is 0 Å². The first kappa shape index (κ1) is 20.9. The van der Waals surface area contributed by atoms with Gasteiger partial charge in [-0.25, -0.2) is 9.97 Å². The number of benzene rings is 1. The van der Waals surface area contributed by atoms with Crippen LogP contribution in [-0.4, -0.2) is 52.1 Å². The molecule has 4 aromatic rings. The van der Waals surface area contributed by atoms with Gasteiger partial charge < -0.3 is 14.5 Å². The molecule has 0 saturated carbocycles. The van der Waals surface area contributed by atoms with Gasteiger partial charge in [0.25, 0.3) is 11.5 Å². The van der Waals surface area contributed by atoms with Crippen LogP contribution in [0.25, 0.3) is 16.6 Å². The van der Waals surface area contributed by atoms with Gasteiger partial charge in [0, 0.05) is 37.9 Å². The molecule has 1 aromatic carbocycles. The molecular weight excluding hydrogens is 434 g/mol. The summed E-state index contributed by atoms with van der Waals surface area (Å²) in [5, 5.41) is 0. The first-order valence-electron chi connectivity index (χ1n) is 11.5. The lowest BCUT2D eigenvalue weighted by Gasteiger charge is -2.22. The maximum absolute atomic E-state index is 13.6. The fourth-order valence-electron chi connectivity index (χ4n) is 5.13. The number of rotatable bonds is 3. The van der Waals surface area contributed by atoms with Crippen molar-refractivity contribution in [2.45, 2.75) is 32.1 Å². The minimum atomic E-state index is -0.245. The van der Waals surface area contributed by atoms with Crippen LogP contribution in [0.4, 0.5) is 5.82 Å². The predicted molar refractivity (Wildman–Crippen MR) is 127 cm³/mol. The maximum Gasteiger partial charge on any atom is 0.274 e. The molecule has 1 fully saturated rings. The molecule has 9 nitrogen and oxygen atoms in total. The highest BCUT2D eigenvalue weighted by molar-refractivity contribution is 6.10. The van der Waals surface area contributed by atoms with Gasteiger partial charge in [-0.1, -0.05) is 6.07 Å². The number of hydrogen-bond acceptors (Lipinski definition) is 6. The minimum Gasteiger partial charge on any atom is -0.496 e. The quantitative estimate of drug-likeness (QED) is 0.505. The number of ether oxygens (including phenoxy) is 2. The molecule has 2 aliphatic rings. The normalized spacial score (nSPS) is 16.4. The molecule has 1 saturated heterocycles. The molecule has 0 bridgehead atoms. The number of fused-ring (bicyclic) bond motifs is 4. The molecule has 1 N–H and O–H groups in total.